The molecule has 2 N–H and O–H groups in total. The SMILES string of the molecule is CC(C)c1ccc(C(N)c2ccc(Br)c(F)c2)cc1. The first kappa shape index (κ1) is 14.2. The minimum atomic E-state index is -0.302. The van der Waals surface area contributed by atoms with Gasteiger partial charge in [-0.2, -0.15) is 0 Å². The molecule has 2 aromatic carbocycles. The molecule has 0 spiro atoms. The summed E-state index contributed by atoms with van der Waals surface area (Å²) in [5.74, 6) is 0.210. The lowest BCUT2D eigenvalue weighted by Crippen LogP contribution is -2.12. The van der Waals surface area contributed by atoms with E-state index >= 15 is 0 Å². The molecule has 0 aliphatic carbocycles. The topological polar surface area (TPSA) is 26.0 Å². The molecule has 100 valence electrons. The van der Waals surface area contributed by atoms with Crippen LogP contribution in [0.25, 0.3) is 0 Å². The Morgan fingerprint density at radius 3 is 2.00 bits per heavy atom. The van der Waals surface area contributed by atoms with Crippen molar-refractivity contribution < 1.29 is 4.39 Å². The zero-order valence-corrected chi connectivity index (χ0v) is 12.6. The van der Waals surface area contributed by atoms with Crippen LogP contribution in [-0.2, 0) is 0 Å². The molecule has 1 unspecified atom stereocenters. The fraction of sp³-hybridized carbons (Fsp3) is 0.250. The standard InChI is InChI=1S/C16H17BrFN/c1-10(2)11-3-5-12(6-4-11)16(19)13-7-8-14(17)15(18)9-13/h3-10,16H,19H2,1-2H3. The third-order valence-electron chi connectivity index (χ3n) is 3.27. The minimum absolute atomic E-state index is 0.285. The first-order chi connectivity index (χ1) is 8.99. The second kappa shape index (κ2) is 5.85. The number of halogens is 2. The number of benzene rings is 2. The molecule has 2 rings (SSSR count). The Kier molecular flexibility index (Phi) is 4.38. The highest BCUT2D eigenvalue weighted by molar-refractivity contribution is 9.10. The lowest BCUT2D eigenvalue weighted by atomic mass is 9.96. The molecule has 0 aromatic heterocycles. The van der Waals surface area contributed by atoms with Gasteiger partial charge in [-0.15, -0.1) is 0 Å². The smallest absolute Gasteiger partial charge is 0.137 e. The van der Waals surface area contributed by atoms with Crippen LogP contribution in [0.3, 0.4) is 0 Å². The number of rotatable bonds is 3. The van der Waals surface area contributed by atoms with Gasteiger partial charge >= 0.3 is 0 Å². The first-order valence-corrected chi connectivity index (χ1v) is 7.08. The van der Waals surface area contributed by atoms with Gasteiger partial charge in [0.05, 0.1) is 10.5 Å². The van der Waals surface area contributed by atoms with Crippen molar-refractivity contribution in [3.63, 3.8) is 0 Å². The summed E-state index contributed by atoms with van der Waals surface area (Å²) in [6, 6.07) is 12.9. The molecule has 3 heteroatoms. The van der Waals surface area contributed by atoms with Gasteiger partial charge in [0.15, 0.2) is 0 Å². The molecule has 0 aliphatic rings. The monoisotopic (exact) mass is 321 g/mol. The molecule has 0 bridgehead atoms. The molecular formula is C16H17BrFN. The van der Waals surface area contributed by atoms with Gasteiger partial charge in [0.25, 0.3) is 0 Å². The Bertz CT molecular complexity index is 563. The van der Waals surface area contributed by atoms with Crippen LogP contribution in [0, 0.1) is 5.82 Å². The van der Waals surface area contributed by atoms with Crippen LogP contribution in [0.2, 0.25) is 0 Å². The zero-order valence-electron chi connectivity index (χ0n) is 11.0. The number of hydrogen-bond donors (Lipinski definition) is 1. The van der Waals surface area contributed by atoms with Crippen molar-refractivity contribution in [2.75, 3.05) is 0 Å². The highest BCUT2D eigenvalue weighted by Crippen LogP contribution is 2.25. The van der Waals surface area contributed by atoms with E-state index < -0.39 is 0 Å². The molecule has 1 nitrogen and oxygen atoms in total. The third kappa shape index (κ3) is 3.23. The molecule has 0 aliphatic heterocycles. The van der Waals surface area contributed by atoms with E-state index in [1.807, 2.05) is 18.2 Å². The van der Waals surface area contributed by atoms with Crippen LogP contribution in [0.1, 0.15) is 42.5 Å². The summed E-state index contributed by atoms with van der Waals surface area (Å²) >= 11 is 3.14. The molecule has 0 saturated carbocycles. The van der Waals surface area contributed by atoms with Crippen molar-refractivity contribution >= 4 is 15.9 Å². The molecule has 0 radical (unpaired) electrons. The number of nitrogens with two attached hydrogens (primary N) is 1. The van der Waals surface area contributed by atoms with Crippen molar-refractivity contribution in [1.29, 1.82) is 0 Å². The highest BCUT2D eigenvalue weighted by Gasteiger charge is 2.11. The van der Waals surface area contributed by atoms with Crippen molar-refractivity contribution in [2.45, 2.75) is 25.8 Å². The molecule has 1 atom stereocenters. The summed E-state index contributed by atoms with van der Waals surface area (Å²) in [5.41, 5.74) is 9.22. The largest absolute Gasteiger partial charge is 0.320 e. The predicted molar refractivity (Wildman–Crippen MR) is 80.7 cm³/mol. The third-order valence-corrected chi connectivity index (χ3v) is 3.91. The average molecular weight is 322 g/mol. The van der Waals surface area contributed by atoms with E-state index in [9.17, 15) is 4.39 Å². The molecule has 0 fully saturated rings. The highest BCUT2D eigenvalue weighted by atomic mass is 79.9. The van der Waals surface area contributed by atoms with E-state index in [0.717, 1.165) is 11.1 Å². The van der Waals surface area contributed by atoms with Crippen molar-refractivity contribution in [3.8, 4) is 0 Å². The average Bonchev–Trinajstić information content (AvgIpc) is 2.41. The van der Waals surface area contributed by atoms with Crippen molar-refractivity contribution in [2.24, 2.45) is 5.73 Å². The van der Waals surface area contributed by atoms with E-state index in [2.05, 4.69) is 41.9 Å². The van der Waals surface area contributed by atoms with Crippen LogP contribution >= 0.6 is 15.9 Å². The van der Waals surface area contributed by atoms with Crippen LogP contribution in [-0.4, -0.2) is 0 Å². The quantitative estimate of drug-likeness (QED) is 0.866. The van der Waals surface area contributed by atoms with Crippen LogP contribution in [0.5, 0.6) is 0 Å². The Morgan fingerprint density at radius 1 is 0.947 bits per heavy atom. The van der Waals surface area contributed by atoms with E-state index in [0.29, 0.717) is 10.4 Å². The Morgan fingerprint density at radius 2 is 1.47 bits per heavy atom. The summed E-state index contributed by atoms with van der Waals surface area (Å²) in [4.78, 5) is 0. The second-order valence-electron chi connectivity index (χ2n) is 4.97. The van der Waals surface area contributed by atoms with Crippen molar-refractivity contribution in [1.82, 2.24) is 0 Å². The first-order valence-electron chi connectivity index (χ1n) is 6.29. The van der Waals surface area contributed by atoms with Crippen LogP contribution in [0.4, 0.5) is 4.39 Å². The fourth-order valence-electron chi connectivity index (χ4n) is 1.99. The van der Waals surface area contributed by atoms with Gasteiger partial charge < -0.3 is 5.73 Å². The van der Waals surface area contributed by atoms with Crippen LogP contribution in [0.15, 0.2) is 46.9 Å². The summed E-state index contributed by atoms with van der Waals surface area (Å²) in [5, 5.41) is 0. The maximum absolute atomic E-state index is 13.5. The summed E-state index contributed by atoms with van der Waals surface area (Å²) in [6.45, 7) is 4.30. The van der Waals surface area contributed by atoms with Gasteiger partial charge in [0, 0.05) is 0 Å². The van der Waals surface area contributed by atoms with Crippen molar-refractivity contribution in [3.05, 3.63) is 69.4 Å². The molecule has 0 amide bonds. The van der Waals surface area contributed by atoms with E-state index in [1.165, 1.54) is 11.6 Å². The molecule has 19 heavy (non-hydrogen) atoms. The van der Waals surface area contributed by atoms with E-state index in [1.54, 1.807) is 6.07 Å². The van der Waals surface area contributed by atoms with Gasteiger partial charge in [-0.3, -0.25) is 0 Å². The maximum Gasteiger partial charge on any atom is 0.137 e. The van der Waals surface area contributed by atoms with Crippen LogP contribution < -0.4 is 5.73 Å². The van der Waals surface area contributed by atoms with Gasteiger partial charge in [-0.25, -0.2) is 4.39 Å². The second-order valence-corrected chi connectivity index (χ2v) is 5.83. The predicted octanol–water partition coefficient (Wildman–Crippen LogP) is 4.76. The summed E-state index contributed by atoms with van der Waals surface area (Å²) in [7, 11) is 0. The Labute approximate surface area is 121 Å². The maximum atomic E-state index is 13.5. The number of hydrogen-bond acceptors (Lipinski definition) is 1. The normalized spacial score (nSPS) is 12.7. The van der Waals surface area contributed by atoms with Gasteiger partial charge in [-0.05, 0) is 50.7 Å². The molecule has 2 aromatic rings. The van der Waals surface area contributed by atoms with Gasteiger partial charge in [0.1, 0.15) is 5.82 Å². The minimum Gasteiger partial charge on any atom is -0.320 e. The zero-order chi connectivity index (χ0) is 14.0. The van der Waals surface area contributed by atoms with E-state index in [-0.39, 0.29) is 11.9 Å². The Hall–Kier alpha value is -1.19. The Balaban J connectivity index is 2.27. The molecule has 0 heterocycles. The van der Waals surface area contributed by atoms with Gasteiger partial charge in [0.2, 0.25) is 0 Å². The lowest BCUT2D eigenvalue weighted by Gasteiger charge is -2.14. The van der Waals surface area contributed by atoms with E-state index in [4.69, 9.17) is 5.73 Å². The molecular weight excluding hydrogens is 305 g/mol. The molecule has 0 saturated heterocycles. The summed E-state index contributed by atoms with van der Waals surface area (Å²) in [6.07, 6.45) is 0. The summed E-state index contributed by atoms with van der Waals surface area (Å²) < 4.78 is 14.0. The lowest BCUT2D eigenvalue weighted by molar-refractivity contribution is 0.617. The fourth-order valence-corrected chi connectivity index (χ4v) is 2.23. The van der Waals surface area contributed by atoms with Gasteiger partial charge in [-0.1, -0.05) is 44.2 Å².